The number of aromatic nitrogens is 1. The standard InChI is InChI=1S/C16H20N2O2/c19-11-12-5-7-18(8-6-12)10-16(20)14-9-17-15-4-2-1-3-13(14)15/h1-4,9,12,17,19H,5-8,10-11H2. The first-order chi connectivity index (χ1) is 9.78. The molecule has 0 radical (unpaired) electrons. The van der Waals surface area contributed by atoms with Crippen LogP contribution in [0.4, 0.5) is 0 Å². The van der Waals surface area contributed by atoms with Gasteiger partial charge in [0.1, 0.15) is 0 Å². The lowest BCUT2D eigenvalue weighted by molar-refractivity contribution is 0.0865. The lowest BCUT2D eigenvalue weighted by Crippen LogP contribution is -2.38. The molecule has 4 heteroatoms. The number of likely N-dealkylation sites (tertiary alicyclic amines) is 1. The SMILES string of the molecule is O=C(CN1CCC(CO)CC1)c1c[nH]c2ccccc12. The van der Waals surface area contributed by atoms with Gasteiger partial charge in [0.25, 0.3) is 0 Å². The quantitative estimate of drug-likeness (QED) is 0.838. The number of piperidine rings is 1. The van der Waals surface area contributed by atoms with Gasteiger partial charge >= 0.3 is 0 Å². The van der Waals surface area contributed by atoms with Gasteiger partial charge in [-0.2, -0.15) is 0 Å². The highest BCUT2D eigenvalue weighted by molar-refractivity contribution is 6.08. The Balaban J connectivity index is 1.68. The van der Waals surface area contributed by atoms with Gasteiger partial charge in [0.15, 0.2) is 5.78 Å². The van der Waals surface area contributed by atoms with Crippen LogP contribution in [0.3, 0.4) is 0 Å². The lowest BCUT2D eigenvalue weighted by atomic mass is 9.97. The molecule has 1 aromatic heterocycles. The first kappa shape index (κ1) is 13.3. The van der Waals surface area contributed by atoms with Gasteiger partial charge in [-0.05, 0) is 37.9 Å². The van der Waals surface area contributed by atoms with Gasteiger partial charge in [0.2, 0.25) is 0 Å². The Morgan fingerprint density at radius 1 is 1.30 bits per heavy atom. The molecule has 0 bridgehead atoms. The fourth-order valence-corrected chi connectivity index (χ4v) is 2.92. The maximum Gasteiger partial charge on any atom is 0.178 e. The number of Topliss-reactive ketones (excluding diaryl/α,β-unsaturated/α-hetero) is 1. The van der Waals surface area contributed by atoms with Crippen LogP contribution >= 0.6 is 0 Å². The molecule has 1 aliphatic rings. The van der Waals surface area contributed by atoms with E-state index < -0.39 is 0 Å². The zero-order chi connectivity index (χ0) is 13.9. The molecule has 0 unspecified atom stereocenters. The van der Waals surface area contributed by atoms with E-state index in [1.54, 1.807) is 0 Å². The van der Waals surface area contributed by atoms with Crippen molar-refractivity contribution < 1.29 is 9.90 Å². The molecule has 1 saturated heterocycles. The van der Waals surface area contributed by atoms with E-state index in [-0.39, 0.29) is 12.4 Å². The number of rotatable bonds is 4. The van der Waals surface area contributed by atoms with Gasteiger partial charge in [-0.25, -0.2) is 0 Å². The van der Waals surface area contributed by atoms with Gasteiger partial charge in [-0.3, -0.25) is 9.69 Å². The van der Waals surface area contributed by atoms with E-state index in [1.807, 2.05) is 30.5 Å². The summed E-state index contributed by atoms with van der Waals surface area (Å²) in [5, 5.41) is 10.1. The van der Waals surface area contributed by atoms with E-state index in [0.717, 1.165) is 42.4 Å². The number of aliphatic hydroxyl groups is 1. The minimum Gasteiger partial charge on any atom is -0.396 e. The summed E-state index contributed by atoms with van der Waals surface area (Å²) in [4.78, 5) is 17.8. The Morgan fingerprint density at radius 3 is 2.80 bits per heavy atom. The molecule has 0 amide bonds. The summed E-state index contributed by atoms with van der Waals surface area (Å²) >= 11 is 0. The van der Waals surface area contributed by atoms with Gasteiger partial charge in [0.05, 0.1) is 6.54 Å². The minimum atomic E-state index is 0.171. The van der Waals surface area contributed by atoms with E-state index in [9.17, 15) is 4.79 Å². The third-order valence-corrected chi connectivity index (χ3v) is 4.22. The molecule has 4 nitrogen and oxygen atoms in total. The van der Waals surface area contributed by atoms with Crippen LogP contribution in [0.1, 0.15) is 23.2 Å². The van der Waals surface area contributed by atoms with E-state index in [2.05, 4.69) is 9.88 Å². The second kappa shape index (κ2) is 5.77. The van der Waals surface area contributed by atoms with Crippen molar-refractivity contribution in [3.63, 3.8) is 0 Å². The van der Waals surface area contributed by atoms with Crippen LogP contribution in [0.2, 0.25) is 0 Å². The molecule has 0 saturated carbocycles. The number of hydrogen-bond acceptors (Lipinski definition) is 3. The summed E-state index contributed by atoms with van der Waals surface area (Å²) in [5.74, 6) is 0.583. The average Bonchev–Trinajstić information content (AvgIpc) is 2.92. The van der Waals surface area contributed by atoms with Crippen molar-refractivity contribution in [2.24, 2.45) is 5.92 Å². The monoisotopic (exact) mass is 272 g/mol. The Morgan fingerprint density at radius 2 is 2.05 bits per heavy atom. The number of carbonyl (C=O) groups is 1. The zero-order valence-corrected chi connectivity index (χ0v) is 11.5. The number of aromatic amines is 1. The number of aliphatic hydroxyl groups excluding tert-OH is 1. The summed E-state index contributed by atoms with van der Waals surface area (Å²) in [6.45, 7) is 2.54. The number of carbonyl (C=O) groups excluding carboxylic acids is 1. The van der Waals surface area contributed by atoms with Crippen molar-refractivity contribution in [1.82, 2.24) is 9.88 Å². The third-order valence-electron chi connectivity index (χ3n) is 4.22. The molecule has 2 aromatic rings. The normalized spacial score (nSPS) is 17.6. The number of para-hydroxylation sites is 1. The van der Waals surface area contributed by atoms with Crippen LogP contribution in [0.5, 0.6) is 0 Å². The largest absolute Gasteiger partial charge is 0.396 e. The molecule has 20 heavy (non-hydrogen) atoms. The minimum absolute atomic E-state index is 0.171. The Kier molecular flexibility index (Phi) is 3.85. The highest BCUT2D eigenvalue weighted by Gasteiger charge is 2.21. The topological polar surface area (TPSA) is 56.3 Å². The predicted octanol–water partition coefficient (Wildman–Crippen LogP) is 2.05. The molecule has 0 aliphatic carbocycles. The van der Waals surface area contributed by atoms with Gasteiger partial charge < -0.3 is 10.1 Å². The van der Waals surface area contributed by atoms with Gasteiger partial charge in [-0.15, -0.1) is 0 Å². The molecule has 1 aliphatic heterocycles. The highest BCUT2D eigenvalue weighted by atomic mass is 16.3. The molecule has 0 atom stereocenters. The van der Waals surface area contributed by atoms with E-state index in [4.69, 9.17) is 5.11 Å². The number of nitrogens with one attached hydrogen (secondary N) is 1. The summed E-state index contributed by atoms with van der Waals surface area (Å²) in [7, 11) is 0. The third kappa shape index (κ3) is 2.62. The zero-order valence-electron chi connectivity index (χ0n) is 11.5. The molecular weight excluding hydrogens is 252 g/mol. The number of nitrogens with zero attached hydrogens (tertiary/aromatic N) is 1. The van der Waals surface area contributed by atoms with Crippen LogP contribution in [-0.4, -0.2) is 47.0 Å². The molecule has 2 heterocycles. The molecule has 1 fully saturated rings. The predicted molar refractivity (Wildman–Crippen MR) is 78.9 cm³/mol. The van der Waals surface area contributed by atoms with Crippen LogP contribution in [-0.2, 0) is 0 Å². The van der Waals surface area contributed by atoms with Crippen LogP contribution in [0.15, 0.2) is 30.5 Å². The molecular formula is C16H20N2O2. The Hall–Kier alpha value is -1.65. The Bertz CT molecular complexity index is 597. The van der Waals surface area contributed by atoms with E-state index in [0.29, 0.717) is 12.5 Å². The van der Waals surface area contributed by atoms with Gasteiger partial charge in [0, 0.05) is 29.3 Å². The molecule has 106 valence electrons. The molecule has 0 spiro atoms. The van der Waals surface area contributed by atoms with E-state index >= 15 is 0 Å². The lowest BCUT2D eigenvalue weighted by Gasteiger charge is -2.30. The summed E-state index contributed by atoms with van der Waals surface area (Å²) in [6.07, 6.45) is 3.78. The second-order valence-corrected chi connectivity index (χ2v) is 5.57. The number of benzene rings is 1. The summed E-state index contributed by atoms with van der Waals surface area (Å²) < 4.78 is 0. The smallest absolute Gasteiger partial charge is 0.178 e. The first-order valence-corrected chi connectivity index (χ1v) is 7.20. The number of H-pyrrole nitrogens is 1. The maximum absolute atomic E-state index is 12.4. The fraction of sp³-hybridized carbons (Fsp3) is 0.438. The summed E-state index contributed by atoms with van der Waals surface area (Å²) in [6, 6.07) is 7.89. The maximum atomic E-state index is 12.4. The van der Waals surface area contributed by atoms with Crippen LogP contribution in [0, 0.1) is 5.92 Å². The van der Waals surface area contributed by atoms with Gasteiger partial charge in [-0.1, -0.05) is 18.2 Å². The van der Waals surface area contributed by atoms with Crippen molar-refractivity contribution in [1.29, 1.82) is 0 Å². The molecule has 3 rings (SSSR count). The van der Waals surface area contributed by atoms with Crippen LogP contribution < -0.4 is 0 Å². The summed E-state index contributed by atoms with van der Waals surface area (Å²) in [5.41, 5.74) is 1.79. The second-order valence-electron chi connectivity index (χ2n) is 5.57. The Labute approximate surface area is 118 Å². The average molecular weight is 272 g/mol. The molecule has 1 aromatic carbocycles. The van der Waals surface area contributed by atoms with Crippen molar-refractivity contribution in [2.45, 2.75) is 12.8 Å². The van der Waals surface area contributed by atoms with Crippen molar-refractivity contribution >= 4 is 16.7 Å². The fourth-order valence-electron chi connectivity index (χ4n) is 2.92. The van der Waals surface area contributed by atoms with E-state index in [1.165, 1.54) is 0 Å². The van der Waals surface area contributed by atoms with Crippen molar-refractivity contribution in [2.75, 3.05) is 26.2 Å². The van der Waals surface area contributed by atoms with Crippen molar-refractivity contribution in [3.05, 3.63) is 36.0 Å². The molecule has 2 N–H and O–H groups in total. The first-order valence-electron chi connectivity index (χ1n) is 7.20. The number of hydrogen-bond donors (Lipinski definition) is 2. The highest BCUT2D eigenvalue weighted by Crippen LogP contribution is 2.20. The van der Waals surface area contributed by atoms with Crippen molar-refractivity contribution in [3.8, 4) is 0 Å². The van der Waals surface area contributed by atoms with Crippen LogP contribution in [0.25, 0.3) is 10.9 Å². The number of ketones is 1. The number of fused-ring (bicyclic) bond motifs is 1.